The molecule has 0 spiro atoms. The van der Waals surface area contributed by atoms with Gasteiger partial charge >= 0.3 is 7.59 Å². The van der Waals surface area contributed by atoms with Crippen molar-refractivity contribution >= 4 is 32.9 Å². The highest BCUT2D eigenvalue weighted by atomic mass is 31.2. The minimum Gasteiger partial charge on any atom is -0.299 e. The Morgan fingerprint density at radius 3 is 1.85 bits per heavy atom. The number of nitrogens with two attached hydrogens (primary N) is 1. The third-order valence-electron chi connectivity index (χ3n) is 0.797. The maximum Gasteiger partial charge on any atom is 0.326 e. The summed E-state index contributed by atoms with van der Waals surface area (Å²) >= 11 is 0. The SMILES string of the molecule is N=C/N=C\NP(N)(=O)N/C=N\C=N. The normalized spacial score (nSPS) is 15.5. The predicted molar refractivity (Wildman–Crippen MR) is 52.6 cm³/mol. The van der Waals surface area contributed by atoms with Gasteiger partial charge in [0.1, 0.15) is 12.7 Å². The minimum atomic E-state index is -3.26. The van der Waals surface area contributed by atoms with E-state index in [0.29, 0.717) is 0 Å². The highest BCUT2D eigenvalue weighted by Crippen LogP contribution is 2.21. The molecule has 8 nitrogen and oxygen atoms in total. The Balaban J connectivity index is 4.00. The number of nitrogens with zero attached hydrogens (tertiary/aromatic N) is 2. The van der Waals surface area contributed by atoms with Crippen LogP contribution in [0.2, 0.25) is 0 Å². The monoisotopic (exact) mass is 203 g/mol. The third-order valence-corrected chi connectivity index (χ3v) is 1.80. The summed E-state index contributed by atoms with van der Waals surface area (Å²) in [6.45, 7) is 0. The van der Waals surface area contributed by atoms with Gasteiger partial charge in [-0.05, 0) is 0 Å². The topological polar surface area (TPSA) is 140 Å². The second-order valence-electron chi connectivity index (χ2n) is 1.73. The van der Waals surface area contributed by atoms with Crippen LogP contribution in [0.15, 0.2) is 9.98 Å². The molecule has 0 aliphatic rings. The molecule has 13 heavy (non-hydrogen) atoms. The Hall–Kier alpha value is -1.53. The fraction of sp³-hybridized carbons (Fsp3) is 0. The van der Waals surface area contributed by atoms with Gasteiger partial charge in [-0.2, -0.15) is 0 Å². The molecule has 0 atom stereocenters. The van der Waals surface area contributed by atoms with E-state index in [4.69, 9.17) is 16.3 Å². The van der Waals surface area contributed by atoms with Gasteiger partial charge in [-0.15, -0.1) is 0 Å². The molecule has 0 rings (SSSR count). The molecule has 0 bridgehead atoms. The van der Waals surface area contributed by atoms with Gasteiger partial charge in [-0.3, -0.25) is 25.6 Å². The molecule has 0 aliphatic carbocycles. The first-order valence-electron chi connectivity index (χ1n) is 3.08. The van der Waals surface area contributed by atoms with Gasteiger partial charge in [0.25, 0.3) is 0 Å². The Morgan fingerprint density at radius 1 is 1.15 bits per heavy atom. The molecule has 72 valence electrons. The summed E-state index contributed by atoms with van der Waals surface area (Å²) in [5.74, 6) is 0. The Bertz CT molecular complexity index is 248. The highest BCUT2D eigenvalue weighted by Gasteiger charge is 2.09. The second kappa shape index (κ2) is 6.04. The zero-order valence-electron chi connectivity index (χ0n) is 6.64. The molecule has 0 aromatic heterocycles. The Kier molecular flexibility index (Phi) is 5.33. The van der Waals surface area contributed by atoms with Gasteiger partial charge < -0.3 is 0 Å². The number of aliphatic imine (C=N–C) groups is 2. The van der Waals surface area contributed by atoms with Gasteiger partial charge in [0.05, 0.1) is 12.7 Å². The molecule has 0 aliphatic heterocycles. The largest absolute Gasteiger partial charge is 0.326 e. The number of nitrogens with one attached hydrogen (secondary N) is 4. The molecule has 0 aromatic carbocycles. The number of hydrogen-bond donors (Lipinski definition) is 5. The lowest BCUT2D eigenvalue weighted by molar-refractivity contribution is 0.571. The molecule has 0 unspecified atom stereocenters. The van der Waals surface area contributed by atoms with Crippen molar-refractivity contribution in [3.63, 3.8) is 0 Å². The quantitative estimate of drug-likeness (QED) is 0.225. The summed E-state index contributed by atoms with van der Waals surface area (Å²) in [6, 6.07) is 0. The smallest absolute Gasteiger partial charge is 0.299 e. The molecule has 0 saturated carbocycles. The summed E-state index contributed by atoms with van der Waals surface area (Å²) in [6.07, 6.45) is 3.58. The van der Waals surface area contributed by atoms with Crippen LogP contribution < -0.4 is 15.7 Å². The molecule has 0 radical (unpaired) electrons. The Labute approximate surface area is 74.9 Å². The first-order valence-corrected chi connectivity index (χ1v) is 4.85. The van der Waals surface area contributed by atoms with Crippen molar-refractivity contribution in [3.05, 3.63) is 0 Å². The van der Waals surface area contributed by atoms with Gasteiger partial charge in [-0.1, -0.05) is 0 Å². The molecule has 6 N–H and O–H groups in total. The van der Waals surface area contributed by atoms with Crippen molar-refractivity contribution in [2.24, 2.45) is 15.5 Å². The zero-order chi connectivity index (χ0) is 10.2. The summed E-state index contributed by atoms with van der Waals surface area (Å²) in [5, 5.41) is 17.5. The summed E-state index contributed by atoms with van der Waals surface area (Å²) in [7, 11) is -3.26. The maximum absolute atomic E-state index is 11.2. The van der Waals surface area contributed by atoms with Crippen LogP contribution in [-0.4, -0.2) is 25.4 Å². The van der Waals surface area contributed by atoms with E-state index in [9.17, 15) is 4.57 Å². The molecule has 0 fully saturated rings. The van der Waals surface area contributed by atoms with E-state index in [0.717, 1.165) is 25.4 Å². The molecular weight excluding hydrogens is 193 g/mol. The van der Waals surface area contributed by atoms with E-state index in [-0.39, 0.29) is 0 Å². The van der Waals surface area contributed by atoms with E-state index < -0.39 is 7.59 Å². The van der Waals surface area contributed by atoms with Crippen LogP contribution >= 0.6 is 7.59 Å². The standard InChI is InChI=1S/C4H10N7OP/c5-1-8-3-10-13(7,12)11-4-9-2-6/h1-4H,(H6,5,6,7,8,9,10,11,12). The average Bonchev–Trinajstić information content (AvgIpc) is 2.05. The van der Waals surface area contributed by atoms with E-state index in [1.807, 2.05) is 0 Å². The lowest BCUT2D eigenvalue weighted by Gasteiger charge is -2.09. The predicted octanol–water partition coefficient (Wildman–Crippen LogP) is -0.497. The van der Waals surface area contributed by atoms with Crippen molar-refractivity contribution in [2.75, 3.05) is 0 Å². The second-order valence-corrected chi connectivity index (χ2v) is 3.56. The molecule has 0 aromatic rings. The maximum atomic E-state index is 11.2. The highest BCUT2D eigenvalue weighted by molar-refractivity contribution is 7.58. The van der Waals surface area contributed by atoms with Gasteiger partial charge in [-0.25, -0.2) is 15.5 Å². The Morgan fingerprint density at radius 2 is 1.54 bits per heavy atom. The van der Waals surface area contributed by atoms with Crippen LogP contribution in [0.4, 0.5) is 0 Å². The van der Waals surface area contributed by atoms with E-state index in [1.54, 1.807) is 0 Å². The van der Waals surface area contributed by atoms with Crippen molar-refractivity contribution in [1.82, 2.24) is 10.2 Å². The fourth-order valence-corrected chi connectivity index (χ4v) is 0.901. The number of rotatable bonds is 6. The average molecular weight is 203 g/mol. The van der Waals surface area contributed by atoms with Crippen molar-refractivity contribution in [3.8, 4) is 0 Å². The molecular formula is C4H10N7OP. The van der Waals surface area contributed by atoms with Crippen molar-refractivity contribution in [1.29, 1.82) is 10.8 Å². The first-order chi connectivity index (χ1) is 6.12. The lowest BCUT2D eigenvalue weighted by atomic mass is 11.2. The van der Waals surface area contributed by atoms with E-state index >= 15 is 0 Å². The van der Waals surface area contributed by atoms with Crippen LogP contribution in [-0.2, 0) is 4.57 Å². The third kappa shape index (κ3) is 6.85. The van der Waals surface area contributed by atoms with Crippen molar-refractivity contribution in [2.45, 2.75) is 0 Å². The molecule has 9 heteroatoms. The molecule has 0 heterocycles. The van der Waals surface area contributed by atoms with Crippen LogP contribution in [0.25, 0.3) is 0 Å². The minimum absolute atomic E-state index is 0.763. The van der Waals surface area contributed by atoms with Crippen LogP contribution in [0, 0.1) is 10.8 Å². The summed E-state index contributed by atoms with van der Waals surface area (Å²) < 4.78 is 11.2. The lowest BCUT2D eigenvalue weighted by Crippen LogP contribution is -2.26. The zero-order valence-corrected chi connectivity index (χ0v) is 7.53. The first kappa shape index (κ1) is 11.5. The van der Waals surface area contributed by atoms with Gasteiger partial charge in [0, 0.05) is 0 Å². The van der Waals surface area contributed by atoms with Gasteiger partial charge in [0.2, 0.25) is 0 Å². The van der Waals surface area contributed by atoms with E-state index in [1.165, 1.54) is 0 Å². The van der Waals surface area contributed by atoms with E-state index in [2.05, 4.69) is 20.2 Å². The summed E-state index contributed by atoms with van der Waals surface area (Å²) in [4.78, 5) is 6.62. The van der Waals surface area contributed by atoms with Gasteiger partial charge in [0.15, 0.2) is 0 Å². The van der Waals surface area contributed by atoms with Crippen molar-refractivity contribution < 1.29 is 4.57 Å². The van der Waals surface area contributed by atoms with Crippen LogP contribution in [0.5, 0.6) is 0 Å². The number of hydrogen-bond acceptors (Lipinski definition) is 3. The molecule has 0 amide bonds. The molecule has 0 saturated heterocycles. The van der Waals surface area contributed by atoms with Crippen LogP contribution in [0.1, 0.15) is 0 Å². The summed E-state index contributed by atoms with van der Waals surface area (Å²) in [5.41, 5.74) is 5.20. The fourth-order valence-electron chi connectivity index (χ4n) is 0.350. The van der Waals surface area contributed by atoms with Crippen LogP contribution in [0.3, 0.4) is 0 Å².